The van der Waals surface area contributed by atoms with Crippen molar-refractivity contribution in [3.8, 4) is 5.88 Å². The Bertz CT molecular complexity index is 525. The van der Waals surface area contributed by atoms with Crippen molar-refractivity contribution in [1.29, 1.82) is 0 Å². The van der Waals surface area contributed by atoms with Gasteiger partial charge in [-0.05, 0) is 17.5 Å². The average molecular weight is 257 g/mol. The van der Waals surface area contributed by atoms with Crippen molar-refractivity contribution in [2.24, 2.45) is 5.73 Å². The van der Waals surface area contributed by atoms with Gasteiger partial charge in [-0.2, -0.15) is 0 Å². The Morgan fingerprint density at radius 3 is 2.58 bits per heavy atom. The molecule has 1 heterocycles. The molecule has 0 amide bonds. The van der Waals surface area contributed by atoms with Crippen molar-refractivity contribution < 1.29 is 4.74 Å². The fraction of sp³-hybridized carbons (Fsp3) is 0.333. The van der Waals surface area contributed by atoms with Gasteiger partial charge in [0.1, 0.15) is 6.33 Å². The van der Waals surface area contributed by atoms with E-state index in [1.54, 1.807) is 7.11 Å². The summed E-state index contributed by atoms with van der Waals surface area (Å²) >= 11 is 0. The van der Waals surface area contributed by atoms with Gasteiger partial charge in [0.25, 0.3) is 0 Å². The number of benzene rings is 1. The Balaban J connectivity index is 2.08. The van der Waals surface area contributed by atoms with Gasteiger partial charge in [0, 0.05) is 24.2 Å². The van der Waals surface area contributed by atoms with E-state index in [9.17, 15) is 0 Å². The monoisotopic (exact) mass is 257 g/mol. The minimum Gasteiger partial charge on any atom is -0.481 e. The Labute approximate surface area is 113 Å². The van der Waals surface area contributed by atoms with Crippen LogP contribution in [0.1, 0.15) is 29.8 Å². The van der Waals surface area contributed by atoms with E-state index in [0.29, 0.717) is 12.3 Å². The van der Waals surface area contributed by atoms with Crippen LogP contribution in [0.15, 0.2) is 36.7 Å². The maximum Gasteiger partial charge on any atom is 0.216 e. The molecule has 100 valence electrons. The standard InChI is InChI=1S/C15H19N3O/c1-3-11-4-6-12(7-5-11)14(16)8-13-9-15(19-2)18-10-17-13/h4-7,9-10,14H,3,8,16H2,1-2H3. The van der Waals surface area contributed by atoms with Gasteiger partial charge >= 0.3 is 0 Å². The van der Waals surface area contributed by atoms with E-state index in [1.165, 1.54) is 11.9 Å². The second kappa shape index (κ2) is 6.29. The van der Waals surface area contributed by atoms with Crippen LogP contribution in [0.2, 0.25) is 0 Å². The number of methoxy groups -OCH3 is 1. The summed E-state index contributed by atoms with van der Waals surface area (Å²) in [5.41, 5.74) is 9.54. The van der Waals surface area contributed by atoms with E-state index in [1.807, 2.05) is 6.07 Å². The summed E-state index contributed by atoms with van der Waals surface area (Å²) in [6.07, 6.45) is 3.21. The van der Waals surface area contributed by atoms with Gasteiger partial charge in [-0.3, -0.25) is 0 Å². The SMILES string of the molecule is CCc1ccc(C(N)Cc2cc(OC)ncn2)cc1. The summed E-state index contributed by atoms with van der Waals surface area (Å²) in [5, 5.41) is 0. The van der Waals surface area contributed by atoms with Crippen LogP contribution >= 0.6 is 0 Å². The van der Waals surface area contributed by atoms with Crippen LogP contribution in [0.3, 0.4) is 0 Å². The second-order valence-corrected chi connectivity index (χ2v) is 4.46. The lowest BCUT2D eigenvalue weighted by Crippen LogP contribution is -2.14. The van der Waals surface area contributed by atoms with Crippen LogP contribution in [0.5, 0.6) is 5.88 Å². The predicted octanol–water partition coefficient (Wildman–Crippen LogP) is 2.29. The number of rotatable bonds is 5. The third-order valence-corrected chi connectivity index (χ3v) is 3.15. The molecule has 0 bridgehead atoms. The molecule has 1 aromatic carbocycles. The van der Waals surface area contributed by atoms with Crippen LogP contribution in [-0.2, 0) is 12.8 Å². The molecular weight excluding hydrogens is 238 g/mol. The summed E-state index contributed by atoms with van der Waals surface area (Å²) in [7, 11) is 1.59. The number of aromatic nitrogens is 2. The molecular formula is C15H19N3O. The molecule has 2 aromatic rings. The fourth-order valence-electron chi connectivity index (χ4n) is 1.94. The summed E-state index contributed by atoms with van der Waals surface area (Å²) < 4.78 is 5.08. The molecule has 0 aliphatic rings. The number of aryl methyl sites for hydroxylation is 1. The number of ether oxygens (including phenoxy) is 1. The Morgan fingerprint density at radius 2 is 1.95 bits per heavy atom. The van der Waals surface area contributed by atoms with E-state index < -0.39 is 0 Å². The molecule has 4 heteroatoms. The largest absolute Gasteiger partial charge is 0.481 e. The van der Waals surface area contributed by atoms with Gasteiger partial charge in [-0.1, -0.05) is 31.2 Å². The first kappa shape index (κ1) is 13.5. The highest BCUT2D eigenvalue weighted by Crippen LogP contribution is 2.17. The average Bonchev–Trinajstić information content (AvgIpc) is 2.47. The summed E-state index contributed by atoms with van der Waals surface area (Å²) in [4.78, 5) is 8.20. The summed E-state index contributed by atoms with van der Waals surface area (Å²) in [6, 6.07) is 10.2. The Morgan fingerprint density at radius 1 is 1.21 bits per heavy atom. The van der Waals surface area contributed by atoms with Gasteiger partial charge in [0.05, 0.1) is 7.11 Å². The van der Waals surface area contributed by atoms with Crippen LogP contribution in [0.25, 0.3) is 0 Å². The van der Waals surface area contributed by atoms with Crippen molar-refractivity contribution in [2.75, 3.05) is 7.11 Å². The van der Waals surface area contributed by atoms with E-state index in [-0.39, 0.29) is 6.04 Å². The van der Waals surface area contributed by atoms with Gasteiger partial charge in [0.2, 0.25) is 5.88 Å². The lowest BCUT2D eigenvalue weighted by molar-refractivity contribution is 0.395. The maximum atomic E-state index is 6.21. The third-order valence-electron chi connectivity index (χ3n) is 3.15. The van der Waals surface area contributed by atoms with Crippen molar-refractivity contribution in [2.45, 2.75) is 25.8 Å². The van der Waals surface area contributed by atoms with Crippen molar-refractivity contribution in [3.05, 3.63) is 53.5 Å². The molecule has 2 N–H and O–H groups in total. The molecule has 0 saturated carbocycles. The number of nitrogens with zero attached hydrogens (tertiary/aromatic N) is 2. The zero-order valence-electron chi connectivity index (χ0n) is 11.3. The Kier molecular flexibility index (Phi) is 4.47. The molecule has 1 aromatic heterocycles. The first-order valence-corrected chi connectivity index (χ1v) is 6.42. The lowest BCUT2D eigenvalue weighted by atomic mass is 10.0. The van der Waals surface area contributed by atoms with Crippen LogP contribution in [0, 0.1) is 0 Å². The fourth-order valence-corrected chi connectivity index (χ4v) is 1.94. The molecule has 0 saturated heterocycles. The molecule has 19 heavy (non-hydrogen) atoms. The molecule has 0 radical (unpaired) electrons. The topological polar surface area (TPSA) is 61.0 Å². The van der Waals surface area contributed by atoms with E-state index >= 15 is 0 Å². The summed E-state index contributed by atoms with van der Waals surface area (Å²) in [5.74, 6) is 0.568. The van der Waals surface area contributed by atoms with Crippen LogP contribution in [0.4, 0.5) is 0 Å². The molecule has 0 fully saturated rings. The highest BCUT2D eigenvalue weighted by molar-refractivity contribution is 5.26. The predicted molar refractivity (Wildman–Crippen MR) is 75.0 cm³/mol. The number of hydrogen-bond acceptors (Lipinski definition) is 4. The first-order chi connectivity index (χ1) is 9.22. The van der Waals surface area contributed by atoms with E-state index in [0.717, 1.165) is 17.7 Å². The molecule has 1 atom stereocenters. The van der Waals surface area contributed by atoms with Crippen LogP contribution < -0.4 is 10.5 Å². The van der Waals surface area contributed by atoms with Crippen molar-refractivity contribution in [3.63, 3.8) is 0 Å². The molecule has 0 aliphatic carbocycles. The van der Waals surface area contributed by atoms with Gasteiger partial charge < -0.3 is 10.5 Å². The van der Waals surface area contributed by atoms with Crippen LogP contribution in [-0.4, -0.2) is 17.1 Å². The van der Waals surface area contributed by atoms with Crippen molar-refractivity contribution >= 4 is 0 Å². The Hall–Kier alpha value is -1.94. The van der Waals surface area contributed by atoms with Gasteiger partial charge in [-0.25, -0.2) is 9.97 Å². The van der Waals surface area contributed by atoms with Crippen molar-refractivity contribution in [1.82, 2.24) is 9.97 Å². The smallest absolute Gasteiger partial charge is 0.216 e. The first-order valence-electron chi connectivity index (χ1n) is 6.42. The summed E-state index contributed by atoms with van der Waals surface area (Å²) in [6.45, 7) is 2.14. The molecule has 0 aliphatic heterocycles. The lowest BCUT2D eigenvalue weighted by Gasteiger charge is -2.12. The normalized spacial score (nSPS) is 12.2. The molecule has 0 spiro atoms. The quantitative estimate of drug-likeness (QED) is 0.892. The van der Waals surface area contributed by atoms with Gasteiger partial charge in [0.15, 0.2) is 0 Å². The second-order valence-electron chi connectivity index (χ2n) is 4.46. The molecule has 4 nitrogen and oxygen atoms in total. The van der Waals surface area contributed by atoms with E-state index in [2.05, 4.69) is 41.2 Å². The zero-order valence-corrected chi connectivity index (χ0v) is 11.3. The van der Waals surface area contributed by atoms with Gasteiger partial charge in [-0.15, -0.1) is 0 Å². The minimum atomic E-state index is -0.0643. The number of nitrogens with two attached hydrogens (primary N) is 1. The third kappa shape index (κ3) is 3.51. The van der Waals surface area contributed by atoms with E-state index in [4.69, 9.17) is 10.5 Å². The molecule has 2 rings (SSSR count). The zero-order chi connectivity index (χ0) is 13.7. The molecule has 1 unspecified atom stereocenters. The highest BCUT2D eigenvalue weighted by Gasteiger charge is 2.09. The number of hydrogen-bond donors (Lipinski definition) is 1. The maximum absolute atomic E-state index is 6.21. The highest BCUT2D eigenvalue weighted by atomic mass is 16.5. The minimum absolute atomic E-state index is 0.0643.